The lowest BCUT2D eigenvalue weighted by Gasteiger charge is -2.28. The van der Waals surface area contributed by atoms with Gasteiger partial charge in [-0.05, 0) is 35.4 Å². The first kappa shape index (κ1) is 63.3. The van der Waals surface area contributed by atoms with Crippen molar-refractivity contribution < 1.29 is 84.8 Å². The molecule has 4 fully saturated rings. The number of rotatable bonds is 22. The first-order valence-corrected chi connectivity index (χ1v) is 35.2. The average molecular weight is 1380 g/mol. The molecule has 89 heavy (non-hydrogen) atoms. The molecule has 4 aliphatic rings. The highest BCUT2D eigenvalue weighted by molar-refractivity contribution is 8.07. The van der Waals surface area contributed by atoms with Crippen molar-refractivity contribution in [2.75, 3.05) is 49.4 Å². The maximum Gasteiger partial charge on any atom is 0.469 e. The predicted molar refractivity (Wildman–Crippen MR) is 310 cm³/mol. The molecule has 12 heterocycles. The summed E-state index contributed by atoms with van der Waals surface area (Å²) in [6.07, 6.45) is -10.4. The fourth-order valence-electron chi connectivity index (χ4n) is 10.3. The molecule has 12 rings (SSSR count). The molecule has 15 unspecified atom stereocenters. The van der Waals surface area contributed by atoms with Gasteiger partial charge in [0.15, 0.2) is 44.7 Å². The Bertz CT molecular complexity index is 4500. The van der Waals surface area contributed by atoms with Gasteiger partial charge in [0.2, 0.25) is 23.8 Å². The van der Waals surface area contributed by atoms with Crippen LogP contribution in [0.25, 0.3) is 44.7 Å². The third-order valence-electron chi connectivity index (χ3n) is 14.2. The number of hydrogen-bond acceptors (Lipinski definition) is 32. The first-order chi connectivity index (χ1) is 42.0. The summed E-state index contributed by atoms with van der Waals surface area (Å²) in [5.74, 6) is -0.980. The van der Waals surface area contributed by atoms with E-state index in [-0.39, 0.29) is 94.1 Å². The van der Waals surface area contributed by atoms with Gasteiger partial charge in [-0.2, -0.15) is 19.9 Å². The summed E-state index contributed by atoms with van der Waals surface area (Å²) in [5.41, 5.74) is 20.2. The summed E-state index contributed by atoms with van der Waals surface area (Å²) in [6.45, 7) is -16.1. The van der Waals surface area contributed by atoms with Gasteiger partial charge in [0.25, 0.3) is 22.2 Å². The average Bonchev–Trinajstić information content (AvgIpc) is 1.68. The van der Waals surface area contributed by atoms with E-state index in [2.05, 4.69) is 59.8 Å². The minimum Gasteiger partial charge on any atom is -0.390 e. The highest BCUT2D eigenvalue weighted by Crippen LogP contribution is 2.54. The summed E-state index contributed by atoms with van der Waals surface area (Å²) < 4.78 is 82.1. The van der Waals surface area contributed by atoms with Crippen molar-refractivity contribution in [3.8, 4) is 0 Å². The van der Waals surface area contributed by atoms with E-state index in [0.717, 1.165) is 0 Å². The number of fused-ring (bicyclic) bond motifs is 4. The summed E-state index contributed by atoms with van der Waals surface area (Å²) in [4.78, 5) is 147. The van der Waals surface area contributed by atoms with Crippen molar-refractivity contribution in [3.05, 3.63) is 66.7 Å². The van der Waals surface area contributed by atoms with Gasteiger partial charge in [0.05, 0.1) is 76.2 Å². The number of ether oxygens (including phenoxy) is 4. The normalized spacial score (nSPS) is 27.9. The molecule has 8 aromatic rings. The molecule has 4 aliphatic heterocycles. The number of nitrogens with two attached hydrogens (primary N) is 4. The van der Waals surface area contributed by atoms with Gasteiger partial charge in [0, 0.05) is 25.7 Å². The van der Waals surface area contributed by atoms with E-state index in [4.69, 9.17) is 109 Å². The maximum absolute atomic E-state index is 12.8. The Labute approximate surface area is 508 Å². The van der Waals surface area contributed by atoms with Gasteiger partial charge in [-0.3, -0.25) is 61.9 Å². The lowest BCUT2D eigenvalue weighted by atomic mass is 10.2. The molecule has 0 aromatic carbocycles. The van der Waals surface area contributed by atoms with E-state index in [1.807, 2.05) is 0 Å². The number of nitrogen functional groups attached to an aromatic ring is 4. The Kier molecular flexibility index (Phi) is 17.3. The number of hydrogen-bond donors (Lipinski definition) is 14. The molecule has 0 amide bonds. The standard InChI is InChI=1S/C40H50N20O22P4S3/c41-37-49-29-25(33(62)53-37)45-9-57(29)21-1-13(61)17(76-21)5-73-84(69,87)81-15-3-23(59-11-47-27-31(59)51-39(43)55-35(27)64)78-19(15)7-75-86(71,89)82-16-4-24(60-12-48-28-32(60)52-40(44)56-36(28)65)79-20(16)8-74-85(70,88)80-14-2-22(77-18(14)6-72-83(66,67)68)58-10-46-26-30(58)50-38(42)54-34(26)63/h9-24,61H,1-8H2,(H,69,87)(H,70,88)(H,71,89)(H2,66,67,68)(H3,41,49,53,62)(H3,42,50,54,63)(H3,43,51,55,64)(H3,44,52,56,65). The Balaban J connectivity index is 0.759. The van der Waals surface area contributed by atoms with Gasteiger partial charge in [-0.15, -0.1) is 0 Å². The van der Waals surface area contributed by atoms with Crippen molar-refractivity contribution >= 4 is 132 Å². The molecule has 42 nitrogen and oxygen atoms in total. The number of imidazole rings is 4. The molecule has 0 spiro atoms. The fourth-order valence-corrected chi connectivity index (χ4v) is 15.1. The van der Waals surface area contributed by atoms with Crippen molar-refractivity contribution in [1.29, 1.82) is 0 Å². The second kappa shape index (κ2) is 24.3. The molecular weight excluding hydrogens is 1330 g/mol. The number of anilines is 4. The molecular formula is C40H50N20O22P4S3. The van der Waals surface area contributed by atoms with Crippen molar-refractivity contribution in [2.45, 2.75) is 99.4 Å². The zero-order chi connectivity index (χ0) is 63.2. The van der Waals surface area contributed by atoms with Crippen LogP contribution < -0.4 is 45.2 Å². The van der Waals surface area contributed by atoms with Crippen LogP contribution in [-0.4, -0.2) is 183 Å². The first-order valence-electron chi connectivity index (χ1n) is 25.9. The van der Waals surface area contributed by atoms with Crippen LogP contribution in [-0.2, 0) is 90.6 Å². The van der Waals surface area contributed by atoms with Crippen molar-refractivity contribution in [1.82, 2.24) is 78.1 Å². The van der Waals surface area contributed by atoms with Crippen LogP contribution in [0.4, 0.5) is 23.8 Å². The fraction of sp³-hybridized carbons (Fsp3) is 0.500. The Hall–Kier alpha value is -5.90. The van der Waals surface area contributed by atoms with E-state index in [9.17, 15) is 53.3 Å². The smallest absolute Gasteiger partial charge is 0.390 e. The molecule has 0 radical (unpaired) electrons. The zero-order valence-electron chi connectivity index (χ0n) is 44.8. The van der Waals surface area contributed by atoms with E-state index < -0.39 is 150 Å². The summed E-state index contributed by atoms with van der Waals surface area (Å²) >= 11 is 16.4. The van der Waals surface area contributed by atoms with Crippen LogP contribution in [0.3, 0.4) is 0 Å². The third kappa shape index (κ3) is 13.6. The molecule has 18 N–H and O–H groups in total. The quantitative estimate of drug-likeness (QED) is 0.0308. The summed E-state index contributed by atoms with van der Waals surface area (Å²) in [5, 5.41) is 11.0. The van der Waals surface area contributed by atoms with Crippen LogP contribution in [0.1, 0.15) is 50.6 Å². The Morgan fingerprint density at radius 3 is 1.01 bits per heavy atom. The largest absolute Gasteiger partial charge is 0.469 e. The molecule has 4 saturated heterocycles. The highest BCUT2D eigenvalue weighted by atomic mass is 32.5. The maximum atomic E-state index is 12.8. The van der Waals surface area contributed by atoms with Crippen LogP contribution >= 0.6 is 28.0 Å². The van der Waals surface area contributed by atoms with Gasteiger partial charge < -0.3 is 98.6 Å². The molecule has 15 atom stereocenters. The van der Waals surface area contributed by atoms with Gasteiger partial charge >= 0.3 is 28.0 Å². The van der Waals surface area contributed by atoms with E-state index in [0.29, 0.717) is 0 Å². The predicted octanol–water partition coefficient (Wildman–Crippen LogP) is -2.68. The van der Waals surface area contributed by atoms with E-state index >= 15 is 0 Å². The molecule has 49 heteroatoms. The number of aliphatic hydroxyl groups excluding tert-OH is 1. The monoisotopic (exact) mass is 1380 g/mol. The van der Waals surface area contributed by atoms with Crippen molar-refractivity contribution in [2.24, 2.45) is 0 Å². The van der Waals surface area contributed by atoms with E-state index in [1.165, 1.54) is 43.6 Å². The number of H-pyrrole nitrogens is 4. The number of nitrogens with one attached hydrogen (secondary N) is 4. The van der Waals surface area contributed by atoms with Gasteiger partial charge in [0.1, 0.15) is 49.3 Å². The van der Waals surface area contributed by atoms with Gasteiger partial charge in [-0.25, -0.2) is 24.5 Å². The number of aliphatic hydroxyl groups is 1. The lowest BCUT2D eigenvalue weighted by Crippen LogP contribution is -2.31. The highest BCUT2D eigenvalue weighted by Gasteiger charge is 2.47. The third-order valence-corrected chi connectivity index (χ3v) is 19.5. The second-order valence-electron chi connectivity index (χ2n) is 20.1. The Morgan fingerprint density at radius 1 is 0.461 bits per heavy atom. The summed E-state index contributed by atoms with van der Waals surface area (Å²) in [6, 6.07) is 0. The van der Waals surface area contributed by atoms with Crippen LogP contribution in [0.5, 0.6) is 0 Å². The lowest BCUT2D eigenvalue weighted by molar-refractivity contribution is -0.0548. The molecule has 8 aromatic heterocycles. The van der Waals surface area contributed by atoms with Crippen LogP contribution in [0, 0.1) is 0 Å². The van der Waals surface area contributed by atoms with Gasteiger partial charge in [-0.1, -0.05) is 0 Å². The summed E-state index contributed by atoms with van der Waals surface area (Å²) in [7, 11) is -5.12. The number of phosphoric ester groups is 1. The number of aromatic amines is 4. The topological polar surface area (TPSA) is 598 Å². The van der Waals surface area contributed by atoms with Crippen LogP contribution in [0.15, 0.2) is 44.5 Å². The second-order valence-corrected chi connectivity index (χ2v) is 29.7. The molecule has 0 aliphatic carbocycles. The van der Waals surface area contributed by atoms with E-state index in [1.54, 1.807) is 0 Å². The minimum absolute atomic E-state index is 0.0157. The number of phosphoric acid groups is 1. The molecule has 0 saturated carbocycles. The van der Waals surface area contributed by atoms with Crippen LogP contribution in [0.2, 0.25) is 0 Å². The SMILES string of the molecule is Nc1nc2c(ncn2C2CC(O)C(COP(O)(=S)OC3CC(n4cnc5c(=O)[nH]c(N)nc54)OC3COP(O)(=S)OC3CC(n4cnc5c(=O)[nH]c(N)nc54)OC3COP(O)(=S)OC3CC(n4cnc5c(=O)[nH]c(N)nc54)OC3COP(=O)(O)O)O2)c(=O)[nH]1. The molecule has 0 bridgehead atoms. The zero-order valence-corrected chi connectivity index (χ0v) is 50.8. The number of aromatic nitrogens is 16. The number of nitrogens with zero attached hydrogens (tertiary/aromatic N) is 12. The van der Waals surface area contributed by atoms with Crippen molar-refractivity contribution in [3.63, 3.8) is 0 Å². The minimum atomic E-state index is -5.12. The molecule has 480 valence electrons. The Morgan fingerprint density at radius 2 is 0.719 bits per heavy atom.